The topological polar surface area (TPSA) is 3.24 Å². The fourth-order valence-electron chi connectivity index (χ4n) is 3.65. The van der Waals surface area contributed by atoms with Crippen LogP contribution in [0.5, 0.6) is 0 Å². The van der Waals surface area contributed by atoms with Crippen LogP contribution in [0.15, 0.2) is 60.7 Å². The van der Waals surface area contributed by atoms with Gasteiger partial charge in [0.05, 0.1) is 0 Å². The zero-order chi connectivity index (χ0) is 17.8. The molecule has 0 saturated carbocycles. The molecular weight excluding hydrogens is 322 g/mol. The van der Waals surface area contributed by atoms with Crippen molar-refractivity contribution in [2.24, 2.45) is 5.92 Å². The van der Waals surface area contributed by atoms with E-state index in [0.29, 0.717) is 0 Å². The van der Waals surface area contributed by atoms with Crippen LogP contribution in [-0.4, -0.2) is 27.2 Å². The smallest absolute Gasteiger partial charge is 0.147 e. The van der Waals surface area contributed by atoms with Gasteiger partial charge >= 0.3 is 0 Å². The van der Waals surface area contributed by atoms with Gasteiger partial charge < -0.3 is 4.23 Å². The summed E-state index contributed by atoms with van der Waals surface area (Å²) in [6.07, 6.45) is 1.27. The first-order chi connectivity index (χ1) is 11.3. The third-order valence-electron chi connectivity index (χ3n) is 5.24. The van der Waals surface area contributed by atoms with E-state index >= 15 is 0 Å². The zero-order valence-corrected chi connectivity index (χ0v) is 18.2. The molecular formula is C21H33NSi2. The summed E-state index contributed by atoms with van der Waals surface area (Å²) in [5, 5.41) is 3.09. The lowest BCUT2D eigenvalue weighted by Gasteiger charge is -2.48. The Bertz CT molecular complexity index is 569. The average molecular weight is 356 g/mol. The molecule has 0 aliphatic rings. The molecule has 0 radical (unpaired) electrons. The van der Waals surface area contributed by atoms with E-state index in [1.807, 2.05) is 0 Å². The van der Waals surface area contributed by atoms with Crippen molar-refractivity contribution in [3.63, 3.8) is 0 Å². The van der Waals surface area contributed by atoms with Crippen LogP contribution in [-0.2, 0) is 0 Å². The zero-order valence-electron chi connectivity index (χ0n) is 16.2. The van der Waals surface area contributed by atoms with Crippen molar-refractivity contribution < 1.29 is 0 Å². The van der Waals surface area contributed by atoms with E-state index in [1.165, 1.54) is 13.0 Å². The van der Waals surface area contributed by atoms with Gasteiger partial charge in [-0.2, -0.15) is 0 Å². The van der Waals surface area contributed by atoms with E-state index in [1.54, 1.807) is 10.4 Å². The first kappa shape index (κ1) is 19.2. The Kier molecular flexibility index (Phi) is 6.24. The summed E-state index contributed by atoms with van der Waals surface area (Å²) in [6, 6.07) is 22.4. The Labute approximate surface area is 150 Å². The normalized spacial score (nSPS) is 12.8. The molecule has 0 heterocycles. The van der Waals surface area contributed by atoms with Crippen molar-refractivity contribution in [2.75, 3.05) is 6.54 Å². The van der Waals surface area contributed by atoms with Crippen molar-refractivity contribution in [3.8, 4) is 0 Å². The average Bonchev–Trinajstić information content (AvgIpc) is 2.56. The van der Waals surface area contributed by atoms with Crippen LogP contribution >= 0.6 is 0 Å². The molecule has 0 aromatic heterocycles. The molecule has 0 saturated heterocycles. The van der Waals surface area contributed by atoms with Crippen LogP contribution in [0.4, 0.5) is 0 Å². The molecule has 1 nitrogen and oxygen atoms in total. The van der Waals surface area contributed by atoms with E-state index in [4.69, 9.17) is 0 Å². The molecule has 0 spiro atoms. The molecule has 2 rings (SSSR count). The first-order valence-electron chi connectivity index (χ1n) is 9.15. The molecule has 130 valence electrons. The second kappa shape index (κ2) is 7.81. The Morgan fingerprint density at radius 2 is 1.08 bits per heavy atom. The summed E-state index contributed by atoms with van der Waals surface area (Å²) >= 11 is 0. The lowest BCUT2D eigenvalue weighted by molar-refractivity contribution is 0.500. The van der Waals surface area contributed by atoms with Crippen LogP contribution in [0.2, 0.25) is 26.2 Å². The number of rotatable bonds is 7. The molecule has 0 amide bonds. The van der Waals surface area contributed by atoms with Gasteiger partial charge in [-0.25, -0.2) is 0 Å². The Balaban J connectivity index is 2.44. The molecule has 24 heavy (non-hydrogen) atoms. The summed E-state index contributed by atoms with van der Waals surface area (Å²) in [5.74, 6) is 0.744. The summed E-state index contributed by atoms with van der Waals surface area (Å²) in [4.78, 5) is 0. The van der Waals surface area contributed by atoms with E-state index in [9.17, 15) is 0 Å². The Morgan fingerprint density at radius 1 is 0.708 bits per heavy atom. The highest BCUT2D eigenvalue weighted by molar-refractivity contribution is 7.02. The Morgan fingerprint density at radius 3 is 1.42 bits per heavy atom. The second-order valence-electron chi connectivity index (χ2n) is 8.18. The number of hydrogen-bond acceptors (Lipinski definition) is 1. The maximum absolute atomic E-state index is 2.95. The lowest BCUT2D eigenvalue weighted by Crippen LogP contribution is -2.71. The maximum atomic E-state index is 2.95. The van der Waals surface area contributed by atoms with Crippen molar-refractivity contribution in [1.82, 2.24) is 4.23 Å². The van der Waals surface area contributed by atoms with E-state index in [0.717, 1.165) is 5.92 Å². The predicted molar refractivity (Wildman–Crippen MR) is 113 cm³/mol. The molecule has 2 aromatic carbocycles. The van der Waals surface area contributed by atoms with Gasteiger partial charge in [-0.1, -0.05) is 101 Å². The molecule has 3 heteroatoms. The van der Waals surface area contributed by atoms with Gasteiger partial charge in [0, 0.05) is 0 Å². The monoisotopic (exact) mass is 355 g/mol. The number of hydrogen-bond donors (Lipinski definition) is 0. The summed E-state index contributed by atoms with van der Waals surface area (Å²) in [7, 11) is -3.40. The fraction of sp³-hybridized carbons (Fsp3) is 0.429. The third kappa shape index (κ3) is 4.27. The highest BCUT2D eigenvalue weighted by Gasteiger charge is 2.42. The molecule has 0 atom stereocenters. The molecule has 2 aromatic rings. The van der Waals surface area contributed by atoms with Crippen LogP contribution in [0.25, 0.3) is 0 Å². The lowest BCUT2D eigenvalue weighted by atomic mass is 10.1. The SMILES string of the molecule is CC(C)CCN([Si](C)(C)c1ccccc1)[Si](C)(C)c1ccccc1. The van der Waals surface area contributed by atoms with Gasteiger partial charge in [0.25, 0.3) is 0 Å². The van der Waals surface area contributed by atoms with Gasteiger partial charge in [0.2, 0.25) is 0 Å². The molecule has 0 N–H and O–H groups in total. The van der Waals surface area contributed by atoms with E-state index in [-0.39, 0.29) is 0 Å². The van der Waals surface area contributed by atoms with Crippen LogP contribution in [0, 0.1) is 5.92 Å². The second-order valence-corrected chi connectivity index (χ2v) is 17.1. The quantitative estimate of drug-likeness (QED) is 0.658. The van der Waals surface area contributed by atoms with Crippen molar-refractivity contribution in [2.45, 2.75) is 46.5 Å². The van der Waals surface area contributed by atoms with Gasteiger partial charge in [-0.05, 0) is 29.3 Å². The van der Waals surface area contributed by atoms with Crippen LogP contribution in [0.1, 0.15) is 20.3 Å². The van der Waals surface area contributed by atoms with Gasteiger partial charge in [0.1, 0.15) is 16.5 Å². The van der Waals surface area contributed by atoms with E-state index < -0.39 is 16.5 Å². The summed E-state index contributed by atoms with van der Waals surface area (Å²) in [6.45, 7) is 16.0. The Hall–Kier alpha value is -1.17. The van der Waals surface area contributed by atoms with Crippen molar-refractivity contribution in [1.29, 1.82) is 0 Å². The molecule has 0 fully saturated rings. The van der Waals surface area contributed by atoms with Crippen molar-refractivity contribution in [3.05, 3.63) is 60.7 Å². The van der Waals surface area contributed by atoms with E-state index in [2.05, 4.69) is 105 Å². The highest BCUT2D eigenvalue weighted by Crippen LogP contribution is 2.22. The minimum Gasteiger partial charge on any atom is -0.339 e. The minimum absolute atomic E-state index is 0.744. The largest absolute Gasteiger partial charge is 0.339 e. The number of benzene rings is 2. The van der Waals surface area contributed by atoms with Gasteiger partial charge in [-0.3, -0.25) is 0 Å². The third-order valence-corrected chi connectivity index (χ3v) is 15.2. The molecule has 0 bridgehead atoms. The molecule has 0 aliphatic heterocycles. The standard InChI is InChI=1S/C21H33NSi2/c1-19(2)17-18-22(23(3,4)20-13-9-7-10-14-20)24(5,6)21-15-11-8-12-16-21/h7-16,19H,17-18H2,1-6H3. The van der Waals surface area contributed by atoms with Crippen LogP contribution in [0.3, 0.4) is 0 Å². The molecule has 0 unspecified atom stereocenters. The first-order valence-corrected chi connectivity index (χ1v) is 15.0. The number of nitrogens with zero attached hydrogens (tertiary/aromatic N) is 1. The van der Waals surface area contributed by atoms with Gasteiger partial charge in [0.15, 0.2) is 0 Å². The molecule has 0 aliphatic carbocycles. The summed E-state index contributed by atoms with van der Waals surface area (Å²) < 4.78 is 2.95. The van der Waals surface area contributed by atoms with Crippen molar-refractivity contribution >= 4 is 26.8 Å². The maximum Gasteiger partial charge on any atom is 0.147 e. The minimum atomic E-state index is -1.70. The van der Waals surface area contributed by atoms with Gasteiger partial charge in [-0.15, -0.1) is 0 Å². The predicted octanol–water partition coefficient (Wildman–Crippen LogP) is 4.56. The van der Waals surface area contributed by atoms with Crippen LogP contribution < -0.4 is 10.4 Å². The summed E-state index contributed by atoms with van der Waals surface area (Å²) in [5.41, 5.74) is 0. The highest BCUT2D eigenvalue weighted by atomic mass is 28.4. The fourth-order valence-corrected chi connectivity index (χ4v) is 14.0.